The summed E-state index contributed by atoms with van der Waals surface area (Å²) < 4.78 is 71.1. The molecule has 0 N–H and O–H groups in total. The maximum Gasteiger partial charge on any atom is 0.330 e. The highest BCUT2D eigenvalue weighted by atomic mass is 16.6. The molecule has 374 valence electrons. The fourth-order valence-electron chi connectivity index (χ4n) is 4.81. The van der Waals surface area contributed by atoms with E-state index in [2.05, 4.69) is 46.1 Å². The van der Waals surface area contributed by atoms with Gasteiger partial charge in [0.1, 0.15) is 26.4 Å². The molecule has 0 bridgehead atoms. The fourth-order valence-corrected chi connectivity index (χ4v) is 4.81. The highest BCUT2D eigenvalue weighted by Crippen LogP contribution is 2.24. The Morgan fingerprint density at radius 1 is 0.343 bits per heavy atom. The average molecular weight is 953 g/mol. The van der Waals surface area contributed by atoms with Gasteiger partial charge in [0.05, 0.1) is 115 Å². The molecule has 21 nitrogen and oxygen atoms in total. The van der Waals surface area contributed by atoms with Gasteiger partial charge >= 0.3 is 47.8 Å². The van der Waals surface area contributed by atoms with Gasteiger partial charge in [-0.3, -0.25) is 4.79 Å². The van der Waals surface area contributed by atoms with Gasteiger partial charge in [0.15, 0.2) is 0 Å². The Hall–Kier alpha value is -6.26. The smallest absolute Gasteiger partial charge is 0.330 e. The van der Waals surface area contributed by atoms with Crippen molar-refractivity contribution < 1.29 is 99.9 Å². The zero-order valence-corrected chi connectivity index (χ0v) is 38.2. The van der Waals surface area contributed by atoms with Crippen molar-refractivity contribution in [1.82, 2.24) is 0 Å². The topological polar surface area (TPSA) is 257 Å². The number of hydrogen-bond acceptors (Lipinski definition) is 21. The first-order chi connectivity index (χ1) is 32.1. The summed E-state index contributed by atoms with van der Waals surface area (Å²) >= 11 is 0. The van der Waals surface area contributed by atoms with E-state index < -0.39 is 70.4 Å². The quantitative estimate of drug-likeness (QED) is 0.0368. The van der Waals surface area contributed by atoms with Crippen LogP contribution in [0.15, 0.2) is 88.6 Å². The van der Waals surface area contributed by atoms with Gasteiger partial charge in [-0.2, -0.15) is 0 Å². The summed E-state index contributed by atoms with van der Waals surface area (Å²) in [6.07, 6.45) is 6.76. The van der Waals surface area contributed by atoms with Crippen molar-refractivity contribution in [3.63, 3.8) is 0 Å². The summed E-state index contributed by atoms with van der Waals surface area (Å²) in [5.74, 6) is -7.03. The van der Waals surface area contributed by atoms with Crippen molar-refractivity contribution >= 4 is 47.8 Å². The monoisotopic (exact) mass is 952 g/mol. The van der Waals surface area contributed by atoms with E-state index in [1.54, 1.807) is 6.92 Å². The van der Waals surface area contributed by atoms with E-state index in [0.717, 1.165) is 42.5 Å². The van der Waals surface area contributed by atoms with E-state index in [1.165, 1.54) is 0 Å². The predicted octanol–water partition coefficient (Wildman–Crippen LogP) is 2.33. The van der Waals surface area contributed by atoms with Crippen molar-refractivity contribution in [3.8, 4) is 0 Å². The standard InChI is InChI=1S/C46H64O21/c1-9-37(47)60-23-35(24-61-38(48)10-2)21-58-29-45(31-64-41(51)13-5,32-65-42(52)14-6)27-56-19-17-55-18-20-57-28-46(33-66-43(53)15-7,34-67-44(54)16-8)30-59-22-36(25-62-39(49)11-3)26-63-40(50)12-4/h9-11,13-16,35-36H,1-3,5-8,12,17-34H2,4H3. The van der Waals surface area contributed by atoms with Crippen LogP contribution in [-0.2, 0) is 99.9 Å². The van der Waals surface area contributed by atoms with Crippen molar-refractivity contribution in [2.75, 3.05) is 119 Å². The first kappa shape index (κ1) is 60.7. The van der Waals surface area contributed by atoms with Gasteiger partial charge in [0.2, 0.25) is 0 Å². The van der Waals surface area contributed by atoms with Crippen LogP contribution in [0.1, 0.15) is 13.3 Å². The lowest BCUT2D eigenvalue weighted by Gasteiger charge is -2.32. The van der Waals surface area contributed by atoms with Crippen molar-refractivity contribution in [2.45, 2.75) is 13.3 Å². The highest BCUT2D eigenvalue weighted by Gasteiger charge is 2.37. The van der Waals surface area contributed by atoms with Gasteiger partial charge in [-0.15, -0.1) is 0 Å². The van der Waals surface area contributed by atoms with Crippen LogP contribution in [0.5, 0.6) is 0 Å². The van der Waals surface area contributed by atoms with Crippen LogP contribution in [-0.4, -0.2) is 167 Å². The van der Waals surface area contributed by atoms with Gasteiger partial charge in [0.25, 0.3) is 0 Å². The largest absolute Gasteiger partial charge is 0.465 e. The summed E-state index contributed by atoms with van der Waals surface area (Å²) in [6.45, 7) is 21.8. The van der Waals surface area contributed by atoms with Gasteiger partial charge in [-0.1, -0.05) is 53.0 Å². The minimum Gasteiger partial charge on any atom is -0.465 e. The Labute approximate surface area is 390 Å². The van der Waals surface area contributed by atoms with Gasteiger partial charge < -0.3 is 61.6 Å². The number of rotatable bonds is 42. The number of esters is 8. The summed E-state index contributed by atoms with van der Waals surface area (Å²) in [7, 11) is 0. The molecule has 1 unspecified atom stereocenters. The molecule has 0 heterocycles. The molecule has 0 rings (SSSR count). The Morgan fingerprint density at radius 2 is 0.597 bits per heavy atom. The molecule has 0 aromatic carbocycles. The molecule has 0 saturated carbocycles. The summed E-state index contributed by atoms with van der Waals surface area (Å²) in [5.41, 5.74) is -2.61. The van der Waals surface area contributed by atoms with Gasteiger partial charge in [0, 0.05) is 49.0 Å². The van der Waals surface area contributed by atoms with Crippen LogP contribution in [0.25, 0.3) is 0 Å². The molecule has 0 aliphatic rings. The first-order valence-corrected chi connectivity index (χ1v) is 20.7. The molecule has 0 saturated heterocycles. The lowest BCUT2D eigenvalue weighted by atomic mass is 9.92. The van der Waals surface area contributed by atoms with E-state index in [9.17, 15) is 38.4 Å². The third-order valence-electron chi connectivity index (χ3n) is 8.49. The van der Waals surface area contributed by atoms with Crippen molar-refractivity contribution in [1.29, 1.82) is 0 Å². The lowest BCUT2D eigenvalue weighted by molar-refractivity contribution is -0.160. The molecule has 0 aromatic rings. The molecule has 0 spiro atoms. The second kappa shape index (κ2) is 36.9. The third kappa shape index (κ3) is 29.8. The number of carbonyl (C=O) groups excluding carboxylic acids is 8. The number of ether oxygens (including phenoxy) is 13. The Balaban J connectivity index is 5.87. The molecule has 0 amide bonds. The maximum atomic E-state index is 12.1. The molecular formula is C46H64O21. The normalized spacial score (nSPS) is 11.4. The van der Waals surface area contributed by atoms with Crippen molar-refractivity contribution in [3.05, 3.63) is 88.6 Å². The van der Waals surface area contributed by atoms with Crippen LogP contribution in [0, 0.1) is 22.7 Å². The third-order valence-corrected chi connectivity index (χ3v) is 8.49. The predicted molar refractivity (Wildman–Crippen MR) is 235 cm³/mol. The molecule has 0 aliphatic heterocycles. The Morgan fingerprint density at radius 3 is 0.881 bits per heavy atom. The van der Waals surface area contributed by atoms with Crippen LogP contribution in [0.4, 0.5) is 0 Å². The molecule has 21 heteroatoms. The SMILES string of the molecule is C=CC(=O)OCC(COCC(COCCOCCOCC(COCC(COC(=O)C=C)COC(=O)CC)(COC(=O)C=C)COC(=O)C=C)(COC(=O)C=C)COC(=O)C=C)COC(=O)C=C. The zero-order chi connectivity index (χ0) is 50.4. The minimum atomic E-state index is -1.31. The molecule has 0 radical (unpaired) electrons. The second-order valence-corrected chi connectivity index (χ2v) is 14.3. The van der Waals surface area contributed by atoms with E-state index >= 15 is 0 Å². The van der Waals surface area contributed by atoms with Crippen molar-refractivity contribution in [2.24, 2.45) is 22.7 Å². The minimum absolute atomic E-state index is 0.00712. The average Bonchev–Trinajstić information content (AvgIpc) is 3.35. The number of hydrogen-bond donors (Lipinski definition) is 0. The molecular weight excluding hydrogens is 888 g/mol. The summed E-state index contributed by atoms with van der Waals surface area (Å²) in [6, 6.07) is 0. The van der Waals surface area contributed by atoms with Gasteiger partial charge in [-0.05, 0) is 0 Å². The van der Waals surface area contributed by atoms with Crippen LogP contribution in [0.2, 0.25) is 0 Å². The van der Waals surface area contributed by atoms with E-state index in [-0.39, 0.29) is 125 Å². The van der Waals surface area contributed by atoms with Crippen LogP contribution in [0.3, 0.4) is 0 Å². The summed E-state index contributed by atoms with van der Waals surface area (Å²) in [5, 5.41) is 0. The van der Waals surface area contributed by atoms with E-state index in [4.69, 9.17) is 61.6 Å². The fraction of sp³-hybridized carbons (Fsp3) is 0.522. The molecule has 0 fully saturated rings. The van der Waals surface area contributed by atoms with Crippen LogP contribution >= 0.6 is 0 Å². The van der Waals surface area contributed by atoms with E-state index in [0.29, 0.717) is 0 Å². The molecule has 1 atom stereocenters. The second-order valence-electron chi connectivity index (χ2n) is 14.3. The first-order valence-electron chi connectivity index (χ1n) is 20.7. The molecule has 67 heavy (non-hydrogen) atoms. The van der Waals surface area contributed by atoms with Crippen LogP contribution < -0.4 is 0 Å². The number of carbonyl (C=O) groups is 8. The molecule has 0 aromatic heterocycles. The Kier molecular flexibility index (Phi) is 33.5. The summed E-state index contributed by atoms with van der Waals surface area (Å²) in [4.78, 5) is 95.4. The van der Waals surface area contributed by atoms with E-state index in [1.807, 2.05) is 0 Å². The van der Waals surface area contributed by atoms with Gasteiger partial charge in [-0.25, -0.2) is 33.6 Å². The zero-order valence-electron chi connectivity index (χ0n) is 38.2. The highest BCUT2D eigenvalue weighted by molar-refractivity contribution is 5.83. The lowest BCUT2D eigenvalue weighted by Crippen LogP contribution is -2.43. The maximum absolute atomic E-state index is 12.1. The Bertz CT molecular complexity index is 1580. The molecule has 0 aliphatic carbocycles.